The topological polar surface area (TPSA) is 69.6 Å². The second-order valence-electron chi connectivity index (χ2n) is 1.80. The third-order valence-electron chi connectivity index (χ3n) is 1.06. The number of carboxylic acids is 1. The Bertz CT molecular complexity index is 114. The monoisotopic (exact) mass is 247 g/mol. The molecule has 4 nitrogen and oxygen atoms in total. The summed E-state index contributed by atoms with van der Waals surface area (Å²) in [5.41, 5.74) is 1.72. The molecular weight excluding hydrogens is 233 g/mol. The van der Waals surface area contributed by atoms with E-state index in [-0.39, 0.29) is 17.1 Å². The number of rotatable bonds is 5. The van der Waals surface area contributed by atoms with Crippen molar-refractivity contribution >= 4 is 34.8 Å². The van der Waals surface area contributed by atoms with Crippen molar-refractivity contribution in [2.45, 2.75) is 12.5 Å². The minimum atomic E-state index is -1.02. The van der Waals surface area contributed by atoms with E-state index in [9.17, 15) is 4.79 Å². The van der Waals surface area contributed by atoms with E-state index in [0.717, 1.165) is 5.75 Å². The van der Waals surface area contributed by atoms with Crippen LogP contribution in [0.3, 0.4) is 0 Å². The predicted octanol–water partition coefficient (Wildman–Crippen LogP) is -0.745. The molecule has 0 aromatic rings. The molecule has 0 bridgehead atoms. The fourth-order valence-corrected chi connectivity index (χ4v) is 0.950. The van der Waals surface area contributed by atoms with E-state index >= 15 is 0 Å². The van der Waals surface area contributed by atoms with Gasteiger partial charge in [0.1, 0.15) is 6.04 Å². The quantitative estimate of drug-likeness (QED) is 0.440. The van der Waals surface area contributed by atoms with E-state index in [1.807, 2.05) is 6.26 Å². The molecule has 0 aromatic heterocycles. The molecule has 0 aliphatic rings. The standard InChI is InChI=1S/C5H11NO3S.H2Se/c1-10-3-2-4(6-9)5(7)8;/h4,6,9H,2-3H2,1H3,(H,7,8);1H2. The summed E-state index contributed by atoms with van der Waals surface area (Å²) in [6.45, 7) is 0. The molecule has 0 radical (unpaired) electrons. The van der Waals surface area contributed by atoms with Crippen molar-refractivity contribution in [2.24, 2.45) is 0 Å². The van der Waals surface area contributed by atoms with Crippen LogP contribution in [0, 0.1) is 0 Å². The van der Waals surface area contributed by atoms with Crippen molar-refractivity contribution in [2.75, 3.05) is 12.0 Å². The van der Waals surface area contributed by atoms with Gasteiger partial charge in [-0.25, -0.2) is 0 Å². The van der Waals surface area contributed by atoms with Crippen LogP contribution in [0.4, 0.5) is 0 Å². The van der Waals surface area contributed by atoms with E-state index < -0.39 is 12.0 Å². The molecule has 1 atom stereocenters. The maximum atomic E-state index is 10.2. The van der Waals surface area contributed by atoms with Gasteiger partial charge in [-0.05, 0) is 18.4 Å². The Labute approximate surface area is 80.2 Å². The fraction of sp³-hybridized carbons (Fsp3) is 0.800. The predicted molar refractivity (Wildman–Crippen MR) is 47.9 cm³/mol. The summed E-state index contributed by atoms with van der Waals surface area (Å²) in [7, 11) is 0. The SMILES string of the molecule is CSCCC(NO)C(=O)O.[SeH2]. The Morgan fingerprint density at radius 2 is 2.27 bits per heavy atom. The van der Waals surface area contributed by atoms with Gasteiger partial charge in [0.05, 0.1) is 0 Å². The summed E-state index contributed by atoms with van der Waals surface area (Å²) >= 11 is 1.55. The van der Waals surface area contributed by atoms with Gasteiger partial charge in [-0.1, -0.05) is 0 Å². The Morgan fingerprint density at radius 3 is 2.55 bits per heavy atom. The number of carboxylic acid groups (broad SMARTS) is 1. The molecule has 3 N–H and O–H groups in total. The summed E-state index contributed by atoms with van der Waals surface area (Å²) in [5, 5.41) is 16.7. The van der Waals surface area contributed by atoms with Gasteiger partial charge in [0.2, 0.25) is 0 Å². The number of hydrogen-bond acceptors (Lipinski definition) is 4. The van der Waals surface area contributed by atoms with E-state index in [0.29, 0.717) is 6.42 Å². The van der Waals surface area contributed by atoms with Crippen LogP contribution < -0.4 is 5.48 Å². The Kier molecular flexibility index (Phi) is 10.5. The van der Waals surface area contributed by atoms with Gasteiger partial charge in [0, 0.05) is 0 Å². The Morgan fingerprint density at radius 1 is 1.73 bits per heavy atom. The molecule has 0 spiro atoms. The van der Waals surface area contributed by atoms with Crippen LogP contribution in [0.15, 0.2) is 0 Å². The van der Waals surface area contributed by atoms with Crippen molar-refractivity contribution in [3.63, 3.8) is 0 Å². The average molecular weight is 246 g/mol. The average Bonchev–Trinajstić information content (AvgIpc) is 1.89. The summed E-state index contributed by atoms with van der Waals surface area (Å²) in [5.74, 6) is -0.290. The molecular formula is C5H13NO3SSe. The van der Waals surface area contributed by atoms with Gasteiger partial charge < -0.3 is 10.3 Å². The molecule has 0 fully saturated rings. The van der Waals surface area contributed by atoms with Crippen LogP contribution in [0.5, 0.6) is 0 Å². The van der Waals surface area contributed by atoms with Gasteiger partial charge in [-0.15, -0.1) is 0 Å². The molecule has 68 valence electrons. The van der Waals surface area contributed by atoms with Crippen molar-refractivity contribution in [1.29, 1.82) is 0 Å². The van der Waals surface area contributed by atoms with Crippen LogP contribution in [0.2, 0.25) is 0 Å². The number of hydrogen-bond donors (Lipinski definition) is 3. The third kappa shape index (κ3) is 6.65. The fourth-order valence-electron chi connectivity index (χ4n) is 0.479. The van der Waals surface area contributed by atoms with Gasteiger partial charge in [0.25, 0.3) is 0 Å². The van der Waals surface area contributed by atoms with Crippen molar-refractivity contribution in [3.8, 4) is 0 Å². The van der Waals surface area contributed by atoms with Crippen LogP contribution in [-0.4, -0.2) is 51.4 Å². The zero-order valence-corrected chi connectivity index (χ0v) is 9.12. The number of nitrogens with one attached hydrogen (secondary N) is 1. The van der Waals surface area contributed by atoms with Crippen molar-refractivity contribution < 1.29 is 15.1 Å². The second kappa shape index (κ2) is 8.36. The first-order chi connectivity index (χ1) is 4.72. The minimum absolute atomic E-state index is 0. The van der Waals surface area contributed by atoms with Crippen molar-refractivity contribution in [1.82, 2.24) is 5.48 Å². The first-order valence-corrected chi connectivity index (χ1v) is 4.23. The molecule has 0 heterocycles. The zero-order valence-electron chi connectivity index (χ0n) is 6.20. The molecule has 0 rings (SSSR count). The van der Waals surface area contributed by atoms with Gasteiger partial charge in [0.15, 0.2) is 0 Å². The Balaban J connectivity index is 0. The van der Waals surface area contributed by atoms with E-state index in [1.165, 1.54) is 0 Å². The second-order valence-corrected chi connectivity index (χ2v) is 2.79. The molecule has 1 unspecified atom stereocenters. The van der Waals surface area contributed by atoms with Gasteiger partial charge in [-0.3, -0.25) is 4.79 Å². The number of hydroxylamine groups is 1. The molecule has 6 heteroatoms. The van der Waals surface area contributed by atoms with E-state index in [2.05, 4.69) is 0 Å². The molecule has 0 saturated heterocycles. The van der Waals surface area contributed by atoms with Gasteiger partial charge in [-0.2, -0.15) is 17.2 Å². The van der Waals surface area contributed by atoms with Gasteiger partial charge >= 0.3 is 23.0 Å². The Hall–Kier alpha value is 0.259. The number of thioether (sulfide) groups is 1. The van der Waals surface area contributed by atoms with Crippen LogP contribution in [-0.2, 0) is 4.79 Å². The van der Waals surface area contributed by atoms with E-state index in [1.54, 1.807) is 17.2 Å². The summed E-state index contributed by atoms with van der Waals surface area (Å²) < 4.78 is 0. The van der Waals surface area contributed by atoms with Crippen molar-refractivity contribution in [3.05, 3.63) is 0 Å². The summed E-state index contributed by atoms with van der Waals surface area (Å²) in [6, 6.07) is -0.826. The molecule has 0 amide bonds. The third-order valence-corrected chi connectivity index (χ3v) is 1.71. The number of carbonyl (C=O) groups is 1. The molecule has 0 aliphatic carbocycles. The van der Waals surface area contributed by atoms with Crippen LogP contribution >= 0.6 is 11.8 Å². The van der Waals surface area contributed by atoms with Crippen LogP contribution in [0.1, 0.15) is 6.42 Å². The molecule has 0 aromatic carbocycles. The molecule has 11 heavy (non-hydrogen) atoms. The maximum absolute atomic E-state index is 10.2. The first-order valence-electron chi connectivity index (χ1n) is 2.83. The summed E-state index contributed by atoms with van der Waals surface area (Å²) in [4.78, 5) is 10.2. The van der Waals surface area contributed by atoms with E-state index in [4.69, 9.17) is 10.3 Å². The summed E-state index contributed by atoms with van der Waals surface area (Å²) in [6.07, 6.45) is 2.32. The van der Waals surface area contributed by atoms with Crippen LogP contribution in [0.25, 0.3) is 0 Å². The normalized spacial score (nSPS) is 11.8. The molecule has 0 aliphatic heterocycles. The zero-order chi connectivity index (χ0) is 7.98. The molecule has 0 saturated carbocycles. The number of aliphatic carboxylic acids is 1. The first kappa shape index (κ1) is 13.8.